The van der Waals surface area contributed by atoms with Crippen LogP contribution in [0.15, 0.2) is 35.8 Å². The van der Waals surface area contributed by atoms with Crippen LogP contribution in [0.5, 0.6) is 0 Å². The molecule has 2 aromatic rings. The first-order chi connectivity index (χ1) is 9.56. The molecule has 1 atom stereocenters. The summed E-state index contributed by atoms with van der Waals surface area (Å²) >= 11 is 1.56. The van der Waals surface area contributed by atoms with E-state index in [1.54, 1.807) is 17.5 Å². The Morgan fingerprint density at radius 1 is 1.45 bits per heavy atom. The number of hydrogen-bond donors (Lipinski definition) is 2. The molecule has 104 valence electrons. The Morgan fingerprint density at radius 2 is 2.25 bits per heavy atom. The van der Waals surface area contributed by atoms with Gasteiger partial charge in [0.2, 0.25) is 5.91 Å². The molecule has 1 aromatic heterocycles. The van der Waals surface area contributed by atoms with Crippen LogP contribution in [0.2, 0.25) is 0 Å². The van der Waals surface area contributed by atoms with Gasteiger partial charge in [-0.15, -0.1) is 11.3 Å². The van der Waals surface area contributed by atoms with Gasteiger partial charge in [-0.05, 0) is 25.5 Å². The van der Waals surface area contributed by atoms with Crippen molar-refractivity contribution >= 4 is 22.9 Å². The highest BCUT2D eigenvalue weighted by atomic mass is 32.1. The SMILES string of the molecule is CC(C)(NC(=O)[C@@H]1Cc2ccccc2N1)c1nccs1. The number of nitrogens with one attached hydrogen (secondary N) is 2. The summed E-state index contributed by atoms with van der Waals surface area (Å²) in [7, 11) is 0. The van der Waals surface area contributed by atoms with Crippen molar-refractivity contribution < 1.29 is 4.79 Å². The summed E-state index contributed by atoms with van der Waals surface area (Å²) in [4.78, 5) is 16.7. The highest BCUT2D eigenvalue weighted by molar-refractivity contribution is 7.09. The van der Waals surface area contributed by atoms with Crippen molar-refractivity contribution in [1.29, 1.82) is 0 Å². The second-order valence-electron chi connectivity index (χ2n) is 5.51. The van der Waals surface area contributed by atoms with Crippen LogP contribution in [0.25, 0.3) is 0 Å². The summed E-state index contributed by atoms with van der Waals surface area (Å²) in [5, 5.41) is 9.20. The number of nitrogens with zero attached hydrogens (tertiary/aromatic N) is 1. The fourth-order valence-electron chi connectivity index (χ4n) is 2.44. The van der Waals surface area contributed by atoms with E-state index in [4.69, 9.17) is 0 Å². The average Bonchev–Trinajstić information content (AvgIpc) is 3.07. The molecule has 3 rings (SSSR count). The molecule has 1 aliphatic rings. The van der Waals surface area contributed by atoms with Gasteiger partial charge in [0.15, 0.2) is 0 Å². The first-order valence-corrected chi connectivity index (χ1v) is 7.51. The van der Waals surface area contributed by atoms with Crippen LogP contribution in [-0.4, -0.2) is 16.9 Å². The normalized spacial score (nSPS) is 17.4. The van der Waals surface area contributed by atoms with E-state index >= 15 is 0 Å². The van der Waals surface area contributed by atoms with Gasteiger partial charge in [0, 0.05) is 23.7 Å². The number of benzene rings is 1. The number of anilines is 1. The van der Waals surface area contributed by atoms with Gasteiger partial charge in [0.25, 0.3) is 0 Å². The molecule has 2 N–H and O–H groups in total. The third-order valence-corrected chi connectivity index (χ3v) is 4.59. The summed E-state index contributed by atoms with van der Waals surface area (Å²) in [6.45, 7) is 3.96. The van der Waals surface area contributed by atoms with Gasteiger partial charge in [0.1, 0.15) is 11.0 Å². The molecule has 1 aliphatic heterocycles. The van der Waals surface area contributed by atoms with Crippen LogP contribution < -0.4 is 10.6 Å². The molecular formula is C15H17N3OS. The van der Waals surface area contributed by atoms with Crippen molar-refractivity contribution in [2.45, 2.75) is 31.8 Å². The van der Waals surface area contributed by atoms with Crippen LogP contribution in [0.4, 0.5) is 5.69 Å². The van der Waals surface area contributed by atoms with Gasteiger partial charge >= 0.3 is 0 Å². The monoisotopic (exact) mass is 287 g/mol. The maximum absolute atomic E-state index is 12.4. The summed E-state index contributed by atoms with van der Waals surface area (Å²) in [5.41, 5.74) is 1.81. The quantitative estimate of drug-likeness (QED) is 0.912. The van der Waals surface area contributed by atoms with E-state index in [9.17, 15) is 4.79 Å². The molecule has 0 saturated carbocycles. The maximum atomic E-state index is 12.4. The van der Waals surface area contributed by atoms with Crippen molar-refractivity contribution in [2.75, 3.05) is 5.32 Å². The minimum absolute atomic E-state index is 0.0152. The zero-order valence-corrected chi connectivity index (χ0v) is 12.3. The minimum atomic E-state index is -0.443. The predicted octanol–water partition coefficient (Wildman–Crippen LogP) is 2.53. The molecule has 0 unspecified atom stereocenters. The zero-order valence-electron chi connectivity index (χ0n) is 11.5. The lowest BCUT2D eigenvalue weighted by Gasteiger charge is -2.25. The number of thiazole rings is 1. The second-order valence-corrected chi connectivity index (χ2v) is 6.40. The summed E-state index contributed by atoms with van der Waals surface area (Å²) in [5.74, 6) is 0.0152. The van der Waals surface area contributed by atoms with Crippen molar-refractivity contribution in [1.82, 2.24) is 10.3 Å². The van der Waals surface area contributed by atoms with Gasteiger partial charge in [-0.2, -0.15) is 0 Å². The van der Waals surface area contributed by atoms with E-state index in [1.165, 1.54) is 5.56 Å². The Bertz CT molecular complexity index is 597. The number of rotatable bonds is 3. The lowest BCUT2D eigenvalue weighted by Crippen LogP contribution is -2.47. The van der Waals surface area contributed by atoms with Crippen LogP contribution in [-0.2, 0) is 16.8 Å². The highest BCUT2D eigenvalue weighted by Crippen LogP contribution is 2.27. The first kappa shape index (κ1) is 13.1. The standard InChI is InChI=1S/C15H17N3OS/c1-15(2,14-16-7-8-20-14)18-13(19)12-9-10-5-3-4-6-11(10)17-12/h3-8,12,17H,9H2,1-2H3,(H,18,19)/t12-/m0/s1. The number of carbonyl (C=O) groups excluding carboxylic acids is 1. The molecule has 0 saturated heterocycles. The van der Waals surface area contributed by atoms with Crippen molar-refractivity contribution in [2.24, 2.45) is 0 Å². The highest BCUT2D eigenvalue weighted by Gasteiger charge is 2.32. The molecule has 2 heterocycles. The van der Waals surface area contributed by atoms with E-state index in [0.29, 0.717) is 0 Å². The largest absolute Gasteiger partial charge is 0.373 e. The fraction of sp³-hybridized carbons (Fsp3) is 0.333. The van der Waals surface area contributed by atoms with Crippen LogP contribution >= 0.6 is 11.3 Å². The van der Waals surface area contributed by atoms with E-state index in [1.807, 2.05) is 37.4 Å². The number of fused-ring (bicyclic) bond motifs is 1. The molecular weight excluding hydrogens is 270 g/mol. The summed E-state index contributed by atoms with van der Waals surface area (Å²) < 4.78 is 0. The first-order valence-electron chi connectivity index (χ1n) is 6.63. The summed E-state index contributed by atoms with van der Waals surface area (Å²) in [6.07, 6.45) is 2.49. The Kier molecular flexibility index (Phi) is 3.22. The minimum Gasteiger partial charge on any atom is -0.373 e. The lowest BCUT2D eigenvalue weighted by atomic mass is 10.0. The topological polar surface area (TPSA) is 54.0 Å². The van der Waals surface area contributed by atoms with Crippen LogP contribution in [0.3, 0.4) is 0 Å². The molecule has 0 fully saturated rings. The van der Waals surface area contributed by atoms with Gasteiger partial charge in [-0.25, -0.2) is 4.98 Å². The average molecular weight is 287 g/mol. The third-order valence-electron chi connectivity index (χ3n) is 3.49. The number of amides is 1. The molecule has 0 spiro atoms. The maximum Gasteiger partial charge on any atom is 0.243 e. The predicted molar refractivity (Wildman–Crippen MR) is 80.8 cm³/mol. The van der Waals surface area contributed by atoms with E-state index in [2.05, 4.69) is 21.7 Å². The number of para-hydroxylation sites is 1. The van der Waals surface area contributed by atoms with Gasteiger partial charge in [-0.1, -0.05) is 18.2 Å². The molecule has 0 aliphatic carbocycles. The Labute approximate surface area is 122 Å². The number of hydrogen-bond acceptors (Lipinski definition) is 4. The number of aromatic nitrogens is 1. The smallest absolute Gasteiger partial charge is 0.243 e. The van der Waals surface area contributed by atoms with E-state index < -0.39 is 5.54 Å². The molecule has 0 radical (unpaired) electrons. The zero-order chi connectivity index (χ0) is 14.2. The molecule has 0 bridgehead atoms. The fourth-order valence-corrected chi connectivity index (χ4v) is 3.15. The third kappa shape index (κ3) is 2.41. The van der Waals surface area contributed by atoms with Crippen molar-refractivity contribution in [3.8, 4) is 0 Å². The molecule has 20 heavy (non-hydrogen) atoms. The Balaban J connectivity index is 1.70. The molecule has 1 amide bonds. The van der Waals surface area contributed by atoms with Crippen LogP contribution in [0, 0.1) is 0 Å². The van der Waals surface area contributed by atoms with Gasteiger partial charge < -0.3 is 10.6 Å². The Hall–Kier alpha value is -1.88. The van der Waals surface area contributed by atoms with Crippen molar-refractivity contribution in [3.63, 3.8) is 0 Å². The van der Waals surface area contributed by atoms with Crippen molar-refractivity contribution in [3.05, 3.63) is 46.4 Å². The molecule has 5 heteroatoms. The Morgan fingerprint density at radius 3 is 2.95 bits per heavy atom. The molecule has 1 aromatic carbocycles. The number of carbonyl (C=O) groups is 1. The van der Waals surface area contributed by atoms with E-state index in [0.717, 1.165) is 17.1 Å². The lowest BCUT2D eigenvalue weighted by molar-refractivity contribution is -0.123. The van der Waals surface area contributed by atoms with E-state index in [-0.39, 0.29) is 11.9 Å². The summed E-state index contributed by atoms with van der Waals surface area (Å²) in [6, 6.07) is 7.84. The second kappa shape index (κ2) is 4.90. The van der Waals surface area contributed by atoms with Gasteiger partial charge in [0.05, 0.1) is 5.54 Å². The molecule has 4 nitrogen and oxygen atoms in total. The van der Waals surface area contributed by atoms with Crippen LogP contribution in [0.1, 0.15) is 24.4 Å². The van der Waals surface area contributed by atoms with Gasteiger partial charge in [-0.3, -0.25) is 4.79 Å².